The van der Waals surface area contributed by atoms with E-state index in [1.54, 1.807) is 13.8 Å². The van der Waals surface area contributed by atoms with Crippen molar-refractivity contribution in [3.05, 3.63) is 0 Å². The van der Waals surface area contributed by atoms with Gasteiger partial charge in [-0.1, -0.05) is 0 Å². The molecule has 6 atom stereocenters. The van der Waals surface area contributed by atoms with Crippen molar-refractivity contribution in [1.82, 2.24) is 0 Å². The van der Waals surface area contributed by atoms with E-state index in [1.807, 2.05) is 0 Å². The summed E-state index contributed by atoms with van der Waals surface area (Å²) in [5.41, 5.74) is 5.91. The van der Waals surface area contributed by atoms with Crippen molar-refractivity contribution in [1.29, 1.82) is 0 Å². The van der Waals surface area contributed by atoms with E-state index in [0.29, 0.717) is 0 Å². The van der Waals surface area contributed by atoms with E-state index in [-0.39, 0.29) is 6.61 Å². The van der Waals surface area contributed by atoms with Crippen LogP contribution in [0.4, 0.5) is 0 Å². The van der Waals surface area contributed by atoms with Gasteiger partial charge in [0.05, 0.1) is 12.7 Å². The first-order valence-corrected chi connectivity index (χ1v) is 5.45. The van der Waals surface area contributed by atoms with Crippen LogP contribution in [-0.2, 0) is 9.47 Å². The second-order valence-electron chi connectivity index (χ2n) is 4.97. The number of hydrogen-bond donors (Lipinski definition) is 4. The van der Waals surface area contributed by atoms with E-state index in [2.05, 4.69) is 0 Å². The predicted octanol–water partition coefficient (Wildman–Crippen LogP) is -1.82. The first kappa shape index (κ1) is 12.2. The maximum absolute atomic E-state index is 9.88. The molecule has 1 saturated carbocycles. The standard InChI is InChI=1S/C10H19NO5/c1-10(2)15-8-5(11)4(3-12)6(13)7(14)9(8)16-10/h4-9,12-14H,3,11H2,1-2H3/t4-,5-,6-,7+,8+,9-/m1/s1. The zero-order chi connectivity index (χ0) is 12.1. The Morgan fingerprint density at radius 1 is 1.12 bits per heavy atom. The van der Waals surface area contributed by atoms with E-state index in [1.165, 1.54) is 0 Å². The van der Waals surface area contributed by atoms with Crippen molar-refractivity contribution in [2.24, 2.45) is 11.7 Å². The minimum atomic E-state index is -1.08. The van der Waals surface area contributed by atoms with Gasteiger partial charge in [-0.25, -0.2) is 0 Å². The molecular weight excluding hydrogens is 214 g/mol. The topological polar surface area (TPSA) is 105 Å². The maximum Gasteiger partial charge on any atom is 0.163 e. The van der Waals surface area contributed by atoms with Crippen molar-refractivity contribution in [3.8, 4) is 0 Å². The van der Waals surface area contributed by atoms with Gasteiger partial charge < -0.3 is 30.5 Å². The molecule has 0 unspecified atom stereocenters. The number of nitrogens with two attached hydrogens (primary N) is 1. The summed E-state index contributed by atoms with van der Waals surface area (Å²) in [7, 11) is 0. The van der Waals surface area contributed by atoms with Crippen molar-refractivity contribution in [2.45, 2.75) is 50.1 Å². The minimum absolute atomic E-state index is 0.285. The second-order valence-corrected chi connectivity index (χ2v) is 4.97. The summed E-state index contributed by atoms with van der Waals surface area (Å²) in [6.07, 6.45) is -3.30. The van der Waals surface area contributed by atoms with Gasteiger partial charge in [-0.2, -0.15) is 0 Å². The van der Waals surface area contributed by atoms with Crippen LogP contribution in [0.1, 0.15) is 13.8 Å². The van der Waals surface area contributed by atoms with Gasteiger partial charge >= 0.3 is 0 Å². The Kier molecular flexibility index (Phi) is 2.98. The molecule has 2 fully saturated rings. The molecule has 0 spiro atoms. The second kappa shape index (κ2) is 3.90. The first-order chi connectivity index (χ1) is 7.37. The Morgan fingerprint density at radius 3 is 2.25 bits per heavy atom. The fourth-order valence-corrected chi connectivity index (χ4v) is 2.53. The van der Waals surface area contributed by atoms with Gasteiger partial charge in [0, 0.05) is 12.0 Å². The van der Waals surface area contributed by atoms with Crippen LogP contribution < -0.4 is 5.73 Å². The number of aliphatic hydroxyl groups is 3. The molecule has 1 aliphatic carbocycles. The third-order valence-electron chi connectivity index (χ3n) is 3.37. The average molecular weight is 233 g/mol. The summed E-state index contributed by atoms with van der Waals surface area (Å²) in [4.78, 5) is 0. The van der Waals surface area contributed by atoms with Crippen molar-refractivity contribution in [2.75, 3.05) is 6.61 Å². The fourth-order valence-electron chi connectivity index (χ4n) is 2.53. The number of rotatable bonds is 1. The summed E-state index contributed by atoms with van der Waals surface area (Å²) in [6, 6.07) is -0.546. The van der Waals surface area contributed by atoms with Crippen LogP contribution in [0, 0.1) is 5.92 Å². The zero-order valence-electron chi connectivity index (χ0n) is 9.41. The third-order valence-corrected chi connectivity index (χ3v) is 3.37. The molecule has 94 valence electrons. The average Bonchev–Trinajstić information content (AvgIpc) is 2.52. The Labute approximate surface area is 94.0 Å². The summed E-state index contributed by atoms with van der Waals surface area (Å²) in [5.74, 6) is -1.41. The predicted molar refractivity (Wildman–Crippen MR) is 54.4 cm³/mol. The van der Waals surface area contributed by atoms with E-state index in [4.69, 9.17) is 20.3 Å². The maximum atomic E-state index is 9.88. The number of fused-ring (bicyclic) bond motifs is 1. The Bertz CT molecular complexity index is 272. The number of aliphatic hydroxyl groups excluding tert-OH is 3. The molecule has 0 aromatic heterocycles. The molecule has 6 heteroatoms. The molecule has 1 heterocycles. The highest BCUT2D eigenvalue weighted by Gasteiger charge is 2.56. The van der Waals surface area contributed by atoms with Crippen molar-refractivity contribution in [3.63, 3.8) is 0 Å². The Morgan fingerprint density at radius 2 is 1.69 bits per heavy atom. The van der Waals surface area contributed by atoms with Gasteiger partial charge in [0.2, 0.25) is 0 Å². The van der Waals surface area contributed by atoms with Crippen LogP contribution in [0.15, 0.2) is 0 Å². The highest BCUT2D eigenvalue weighted by Crippen LogP contribution is 2.38. The van der Waals surface area contributed by atoms with Crippen LogP contribution >= 0.6 is 0 Å². The molecule has 5 N–H and O–H groups in total. The largest absolute Gasteiger partial charge is 0.396 e. The lowest BCUT2D eigenvalue weighted by molar-refractivity contribution is -0.162. The van der Waals surface area contributed by atoms with Crippen molar-refractivity contribution < 1.29 is 24.8 Å². The molecule has 1 saturated heterocycles. The number of ether oxygens (including phenoxy) is 2. The molecule has 6 nitrogen and oxygen atoms in total. The van der Waals surface area contributed by atoms with E-state index in [9.17, 15) is 10.2 Å². The molecule has 0 aromatic carbocycles. The summed E-state index contributed by atoms with van der Waals surface area (Å²) in [5, 5.41) is 28.8. The van der Waals surface area contributed by atoms with E-state index in [0.717, 1.165) is 0 Å². The van der Waals surface area contributed by atoms with Gasteiger partial charge in [-0.05, 0) is 13.8 Å². The van der Waals surface area contributed by atoms with Crippen molar-refractivity contribution >= 4 is 0 Å². The number of hydrogen-bond acceptors (Lipinski definition) is 6. The van der Waals surface area contributed by atoms with Crippen LogP contribution in [0.5, 0.6) is 0 Å². The minimum Gasteiger partial charge on any atom is -0.396 e. The van der Waals surface area contributed by atoms with Gasteiger partial charge in [-0.3, -0.25) is 0 Å². The molecule has 0 aromatic rings. The normalized spacial score (nSPS) is 51.4. The lowest BCUT2D eigenvalue weighted by Gasteiger charge is -2.41. The van der Waals surface area contributed by atoms with Gasteiger partial charge in [-0.15, -0.1) is 0 Å². The molecule has 2 rings (SSSR count). The monoisotopic (exact) mass is 233 g/mol. The summed E-state index contributed by atoms with van der Waals surface area (Å²) >= 11 is 0. The van der Waals surface area contributed by atoms with E-state index < -0.39 is 42.2 Å². The van der Waals surface area contributed by atoms with Crippen LogP contribution in [-0.4, -0.2) is 58.2 Å². The zero-order valence-corrected chi connectivity index (χ0v) is 9.41. The lowest BCUT2D eigenvalue weighted by Crippen LogP contribution is -2.63. The third kappa shape index (κ3) is 1.75. The molecular formula is C10H19NO5. The Balaban J connectivity index is 2.23. The van der Waals surface area contributed by atoms with Crippen LogP contribution in [0.25, 0.3) is 0 Å². The molecule has 2 aliphatic rings. The molecule has 0 amide bonds. The Hall–Kier alpha value is -0.240. The highest BCUT2D eigenvalue weighted by molar-refractivity contribution is 5.04. The molecule has 16 heavy (non-hydrogen) atoms. The quantitative estimate of drug-likeness (QED) is 0.425. The molecule has 1 aliphatic heterocycles. The van der Waals surface area contributed by atoms with Crippen LogP contribution in [0.2, 0.25) is 0 Å². The van der Waals surface area contributed by atoms with Gasteiger partial charge in [0.1, 0.15) is 18.3 Å². The van der Waals surface area contributed by atoms with E-state index >= 15 is 0 Å². The first-order valence-electron chi connectivity index (χ1n) is 5.45. The fraction of sp³-hybridized carbons (Fsp3) is 1.00. The smallest absolute Gasteiger partial charge is 0.163 e. The molecule has 0 bridgehead atoms. The highest BCUT2D eigenvalue weighted by atomic mass is 16.8. The summed E-state index contributed by atoms with van der Waals surface area (Å²) in [6.45, 7) is 3.17. The molecule has 0 radical (unpaired) electrons. The SMILES string of the molecule is CC1(C)O[C@@H]2[C@@H](O)[C@H](O)[C@H](CO)[C@@H](N)[C@@H]2O1. The van der Waals surface area contributed by atoms with Gasteiger partial charge in [0.25, 0.3) is 0 Å². The summed E-state index contributed by atoms with van der Waals surface area (Å²) < 4.78 is 11.1. The van der Waals surface area contributed by atoms with Crippen LogP contribution in [0.3, 0.4) is 0 Å². The lowest BCUT2D eigenvalue weighted by atomic mass is 9.78. The van der Waals surface area contributed by atoms with Gasteiger partial charge in [0.15, 0.2) is 5.79 Å².